The summed E-state index contributed by atoms with van der Waals surface area (Å²) in [6, 6.07) is 21.2. The van der Waals surface area contributed by atoms with E-state index in [0.717, 1.165) is 15.8 Å². The van der Waals surface area contributed by atoms with Crippen LogP contribution in [0.25, 0.3) is 32.3 Å². The van der Waals surface area contributed by atoms with E-state index in [1.807, 2.05) is 29.5 Å². The van der Waals surface area contributed by atoms with E-state index in [9.17, 15) is 0 Å². The first-order valence-electron chi connectivity index (χ1n) is 7.67. The van der Waals surface area contributed by atoms with Crippen molar-refractivity contribution < 1.29 is 4.74 Å². The molecule has 0 saturated heterocycles. The first-order valence-corrected chi connectivity index (χ1v) is 9.28. The van der Waals surface area contributed by atoms with Gasteiger partial charge in [0.05, 0.1) is 7.11 Å². The van der Waals surface area contributed by atoms with Gasteiger partial charge in [0.25, 0.3) is 0 Å². The van der Waals surface area contributed by atoms with Crippen LogP contribution in [0.2, 0.25) is 0 Å². The quantitative estimate of drug-likeness (QED) is 0.340. The van der Waals surface area contributed by atoms with Gasteiger partial charge in [-0.1, -0.05) is 52.3 Å². The van der Waals surface area contributed by atoms with Crippen LogP contribution >= 0.6 is 27.3 Å². The zero-order valence-corrected chi connectivity index (χ0v) is 15.5. The highest BCUT2D eigenvalue weighted by atomic mass is 79.9. The number of hydrogen-bond acceptors (Lipinski definition) is 2. The summed E-state index contributed by atoms with van der Waals surface area (Å²) in [5.41, 5.74) is 2.30. The Hall–Kier alpha value is -2.10. The van der Waals surface area contributed by atoms with E-state index in [2.05, 4.69) is 70.5 Å². The van der Waals surface area contributed by atoms with Crippen molar-refractivity contribution in [1.29, 1.82) is 0 Å². The molecule has 0 saturated carbocycles. The van der Waals surface area contributed by atoms with Crippen LogP contribution in [0, 0.1) is 0 Å². The number of thiophene rings is 1. The molecule has 0 fully saturated rings. The predicted octanol–water partition coefficient (Wildman–Crippen LogP) is 7.00. The van der Waals surface area contributed by atoms with Gasteiger partial charge in [0.1, 0.15) is 5.75 Å². The van der Waals surface area contributed by atoms with E-state index in [4.69, 9.17) is 4.74 Å². The molecule has 3 heteroatoms. The van der Waals surface area contributed by atoms with E-state index in [0.29, 0.717) is 0 Å². The summed E-state index contributed by atoms with van der Waals surface area (Å²) >= 11 is 5.44. The van der Waals surface area contributed by atoms with Crippen LogP contribution in [-0.2, 0) is 0 Å². The minimum absolute atomic E-state index is 0.858. The third-order valence-electron chi connectivity index (χ3n) is 4.06. The Bertz CT molecular complexity index is 1060. The maximum absolute atomic E-state index is 5.30. The molecule has 0 aliphatic carbocycles. The van der Waals surface area contributed by atoms with Crippen molar-refractivity contribution in [2.75, 3.05) is 7.11 Å². The van der Waals surface area contributed by atoms with Crippen LogP contribution in [0.3, 0.4) is 0 Å². The summed E-state index contributed by atoms with van der Waals surface area (Å²) < 4.78 is 9.03. The normalized spacial score (nSPS) is 11.6. The Balaban J connectivity index is 1.75. The molecule has 118 valence electrons. The summed E-state index contributed by atoms with van der Waals surface area (Å²) in [7, 11) is 1.69. The molecule has 1 nitrogen and oxygen atoms in total. The molecule has 0 aliphatic rings. The predicted molar refractivity (Wildman–Crippen MR) is 109 cm³/mol. The molecule has 4 rings (SSSR count). The Morgan fingerprint density at radius 1 is 0.875 bits per heavy atom. The Labute approximate surface area is 153 Å². The third-order valence-corrected chi connectivity index (χ3v) is 5.93. The fourth-order valence-electron chi connectivity index (χ4n) is 2.81. The standard InChI is InChI=1S/C21H15BrOS/c1-23-16-9-10-19(22)15(13-16)8-6-14-7-11-21-18(12-14)17-4-2-3-5-20(17)24-21/h2-13H,1H3/b8-6-. The van der Waals surface area contributed by atoms with Gasteiger partial charge in [0.2, 0.25) is 0 Å². The zero-order chi connectivity index (χ0) is 16.5. The average Bonchev–Trinajstić information content (AvgIpc) is 2.99. The largest absolute Gasteiger partial charge is 0.497 e. The fraction of sp³-hybridized carbons (Fsp3) is 0.0476. The third kappa shape index (κ3) is 2.85. The molecule has 0 amide bonds. The van der Waals surface area contributed by atoms with Crippen molar-refractivity contribution in [2.24, 2.45) is 0 Å². The summed E-state index contributed by atoms with van der Waals surface area (Å²) in [5, 5.41) is 2.65. The maximum atomic E-state index is 5.30. The van der Waals surface area contributed by atoms with Crippen LogP contribution in [0.1, 0.15) is 11.1 Å². The number of halogens is 1. The highest BCUT2D eigenvalue weighted by Gasteiger charge is 2.04. The van der Waals surface area contributed by atoms with Gasteiger partial charge in [-0.2, -0.15) is 0 Å². The Morgan fingerprint density at radius 3 is 2.58 bits per heavy atom. The van der Waals surface area contributed by atoms with Gasteiger partial charge in [0.15, 0.2) is 0 Å². The maximum Gasteiger partial charge on any atom is 0.119 e. The molecule has 24 heavy (non-hydrogen) atoms. The molecule has 3 aromatic carbocycles. The molecule has 0 aliphatic heterocycles. The summed E-state index contributed by atoms with van der Waals surface area (Å²) in [6.07, 6.45) is 4.26. The minimum Gasteiger partial charge on any atom is -0.497 e. The second-order valence-electron chi connectivity index (χ2n) is 5.57. The summed E-state index contributed by atoms with van der Waals surface area (Å²) in [6.45, 7) is 0. The molecule has 4 aromatic rings. The van der Waals surface area contributed by atoms with Crippen molar-refractivity contribution in [2.45, 2.75) is 0 Å². The van der Waals surface area contributed by atoms with Crippen LogP contribution < -0.4 is 4.74 Å². The number of methoxy groups -OCH3 is 1. The molecular weight excluding hydrogens is 380 g/mol. The van der Waals surface area contributed by atoms with Gasteiger partial charge in [0, 0.05) is 24.6 Å². The lowest BCUT2D eigenvalue weighted by atomic mass is 10.1. The number of fused-ring (bicyclic) bond motifs is 3. The molecule has 0 N–H and O–H groups in total. The topological polar surface area (TPSA) is 9.23 Å². The van der Waals surface area contributed by atoms with Crippen LogP contribution in [0.15, 0.2) is 65.1 Å². The summed E-state index contributed by atoms with van der Waals surface area (Å²) in [4.78, 5) is 0. The number of ether oxygens (including phenoxy) is 1. The van der Waals surface area contributed by atoms with E-state index >= 15 is 0 Å². The molecule has 1 aromatic heterocycles. The van der Waals surface area contributed by atoms with Crippen molar-refractivity contribution in [3.05, 3.63) is 76.3 Å². The van der Waals surface area contributed by atoms with Crippen LogP contribution in [0.5, 0.6) is 5.75 Å². The SMILES string of the molecule is COc1ccc(Br)c(/C=C\c2ccc3sc4ccccc4c3c2)c1. The fourth-order valence-corrected chi connectivity index (χ4v) is 4.28. The van der Waals surface area contributed by atoms with Gasteiger partial charge in [-0.15, -0.1) is 11.3 Å². The van der Waals surface area contributed by atoms with Gasteiger partial charge in [-0.05, 0) is 47.5 Å². The lowest BCUT2D eigenvalue weighted by Gasteiger charge is -2.03. The molecule has 0 bridgehead atoms. The van der Waals surface area contributed by atoms with E-state index in [-0.39, 0.29) is 0 Å². The monoisotopic (exact) mass is 394 g/mol. The number of hydrogen-bond donors (Lipinski definition) is 0. The number of rotatable bonds is 3. The molecule has 0 radical (unpaired) electrons. The van der Waals surface area contributed by atoms with Gasteiger partial charge < -0.3 is 4.74 Å². The first-order chi connectivity index (χ1) is 11.7. The lowest BCUT2D eigenvalue weighted by Crippen LogP contribution is -1.84. The lowest BCUT2D eigenvalue weighted by molar-refractivity contribution is 0.414. The molecule has 0 unspecified atom stereocenters. The molecule has 0 atom stereocenters. The van der Waals surface area contributed by atoms with E-state index < -0.39 is 0 Å². The van der Waals surface area contributed by atoms with Crippen molar-refractivity contribution >= 4 is 59.6 Å². The number of benzene rings is 3. The second-order valence-corrected chi connectivity index (χ2v) is 7.51. The zero-order valence-electron chi connectivity index (χ0n) is 13.1. The van der Waals surface area contributed by atoms with Crippen molar-refractivity contribution in [1.82, 2.24) is 0 Å². The minimum atomic E-state index is 0.858. The van der Waals surface area contributed by atoms with Gasteiger partial charge in [-0.25, -0.2) is 0 Å². The second kappa shape index (κ2) is 6.42. The average molecular weight is 395 g/mol. The molecule has 0 spiro atoms. The smallest absolute Gasteiger partial charge is 0.119 e. The van der Waals surface area contributed by atoms with E-state index in [1.165, 1.54) is 25.7 Å². The van der Waals surface area contributed by atoms with E-state index in [1.54, 1.807) is 7.11 Å². The molecule has 1 heterocycles. The van der Waals surface area contributed by atoms with Crippen molar-refractivity contribution in [3.8, 4) is 5.75 Å². The first kappa shape index (κ1) is 15.4. The summed E-state index contributed by atoms with van der Waals surface area (Å²) in [5.74, 6) is 0.858. The van der Waals surface area contributed by atoms with Gasteiger partial charge >= 0.3 is 0 Å². The highest BCUT2D eigenvalue weighted by Crippen LogP contribution is 2.34. The molecular formula is C21H15BrOS. The highest BCUT2D eigenvalue weighted by molar-refractivity contribution is 9.10. The van der Waals surface area contributed by atoms with Crippen molar-refractivity contribution in [3.63, 3.8) is 0 Å². The van der Waals surface area contributed by atoms with Gasteiger partial charge in [-0.3, -0.25) is 0 Å². The van der Waals surface area contributed by atoms with Crippen LogP contribution in [0.4, 0.5) is 0 Å². The Kier molecular flexibility index (Phi) is 4.13. The Morgan fingerprint density at radius 2 is 1.71 bits per heavy atom. The van der Waals surface area contributed by atoms with Crippen LogP contribution in [-0.4, -0.2) is 7.11 Å².